The Kier molecular flexibility index (Phi) is 20.7. The van der Waals surface area contributed by atoms with Gasteiger partial charge in [0.05, 0.1) is 31.3 Å². The summed E-state index contributed by atoms with van der Waals surface area (Å²) in [5.74, 6) is -0.615. The Morgan fingerprint density at radius 3 is 1.95 bits per heavy atom. The number of phosphoric ester groups is 1. The molecule has 1 fully saturated rings. The quantitative estimate of drug-likeness (QED) is 0.0437. The van der Waals surface area contributed by atoms with Crippen LogP contribution in [0.5, 0.6) is 0 Å². The van der Waals surface area contributed by atoms with Crippen LogP contribution >= 0.6 is 7.82 Å². The highest BCUT2D eigenvalue weighted by Gasteiger charge is 2.51. The minimum atomic E-state index is -5.12. The van der Waals surface area contributed by atoms with Gasteiger partial charge in [0.2, 0.25) is 5.91 Å². The summed E-state index contributed by atoms with van der Waals surface area (Å²) in [6.45, 7) is 3.47. The van der Waals surface area contributed by atoms with Crippen molar-refractivity contribution in [3.05, 3.63) is 24.3 Å². The van der Waals surface area contributed by atoms with Crippen LogP contribution < -0.4 is 5.32 Å². The van der Waals surface area contributed by atoms with Crippen LogP contribution in [0.4, 0.5) is 0 Å². The second-order valence-electron chi connectivity index (χ2n) is 11.5. The molecule has 9 N–H and O–H groups in total. The smallest absolute Gasteiger partial charge is 0.393 e. The molecule has 0 aromatic heterocycles. The number of rotatable bonds is 23. The lowest BCUT2D eigenvalue weighted by Gasteiger charge is -2.41. The van der Waals surface area contributed by atoms with Crippen LogP contribution in [0, 0.1) is 0 Å². The second-order valence-corrected chi connectivity index (χ2v) is 12.9. The number of amides is 1. The molecule has 0 heterocycles. The number of carbonyl (C=O) groups is 1. The lowest BCUT2D eigenvalue weighted by Crippen LogP contribution is -2.64. The first-order valence-corrected chi connectivity index (χ1v) is 17.4. The number of hydrogen-bond donors (Lipinski definition) is 9. The number of allylic oxidation sites excluding steroid dienone is 3. The largest absolute Gasteiger partial charge is 0.472 e. The summed E-state index contributed by atoms with van der Waals surface area (Å²) in [4.78, 5) is 23.0. The zero-order chi connectivity index (χ0) is 33.1. The first-order chi connectivity index (χ1) is 20.8. The maximum Gasteiger partial charge on any atom is 0.472 e. The number of unbranched alkanes of at least 4 members (excludes halogenated alkanes) is 8. The number of hydrogen-bond acceptors (Lipinski definition) is 11. The van der Waals surface area contributed by atoms with Crippen LogP contribution in [0.15, 0.2) is 24.3 Å². The fourth-order valence-electron chi connectivity index (χ4n) is 4.79. The molecule has 13 nitrogen and oxygen atoms in total. The van der Waals surface area contributed by atoms with Crippen LogP contribution in [0.3, 0.4) is 0 Å². The summed E-state index contributed by atoms with van der Waals surface area (Å²) in [6.07, 6.45) is 3.81. The molecular formula is C30H56NO12P. The number of nitrogens with one attached hydrogen (secondary N) is 1. The maximum atomic E-state index is 12.7. The van der Waals surface area contributed by atoms with E-state index in [1.807, 2.05) is 6.08 Å². The van der Waals surface area contributed by atoms with Crippen LogP contribution in [-0.4, -0.2) is 108 Å². The molecule has 0 aromatic rings. The monoisotopic (exact) mass is 653 g/mol. The van der Waals surface area contributed by atoms with E-state index in [2.05, 4.69) is 25.2 Å². The molecule has 0 spiro atoms. The van der Waals surface area contributed by atoms with Gasteiger partial charge in [0.15, 0.2) is 0 Å². The van der Waals surface area contributed by atoms with Crippen LogP contribution in [0.2, 0.25) is 0 Å². The van der Waals surface area contributed by atoms with Gasteiger partial charge < -0.3 is 46.0 Å². The third-order valence-electron chi connectivity index (χ3n) is 7.52. The molecule has 0 saturated heterocycles. The molecule has 0 aromatic carbocycles. The molecule has 1 rings (SSSR count). The molecule has 44 heavy (non-hydrogen) atoms. The van der Waals surface area contributed by atoms with Crippen molar-refractivity contribution >= 4 is 13.7 Å². The molecule has 1 aliphatic rings. The van der Waals surface area contributed by atoms with Gasteiger partial charge in [-0.25, -0.2) is 4.57 Å². The van der Waals surface area contributed by atoms with Gasteiger partial charge in [-0.1, -0.05) is 89.5 Å². The van der Waals surface area contributed by atoms with Crippen molar-refractivity contribution in [2.45, 2.75) is 152 Å². The van der Waals surface area contributed by atoms with Gasteiger partial charge >= 0.3 is 7.82 Å². The summed E-state index contributed by atoms with van der Waals surface area (Å²) < 4.78 is 22.5. The van der Waals surface area contributed by atoms with Gasteiger partial charge in [-0.2, -0.15) is 0 Å². The Balaban J connectivity index is 2.79. The first kappa shape index (κ1) is 40.8. The highest BCUT2D eigenvalue weighted by atomic mass is 31.2. The van der Waals surface area contributed by atoms with Crippen LogP contribution in [-0.2, 0) is 18.4 Å². The van der Waals surface area contributed by atoms with Crippen LogP contribution in [0.25, 0.3) is 0 Å². The molecule has 14 heteroatoms. The van der Waals surface area contributed by atoms with Crippen molar-refractivity contribution in [3.8, 4) is 0 Å². The lowest BCUT2D eigenvalue weighted by molar-refractivity contribution is -0.220. The van der Waals surface area contributed by atoms with Crippen molar-refractivity contribution in [3.63, 3.8) is 0 Å². The van der Waals surface area contributed by atoms with Gasteiger partial charge in [-0.15, -0.1) is 0 Å². The fraction of sp³-hybridized carbons (Fsp3) is 0.833. The topological polar surface area (TPSA) is 226 Å². The van der Waals surface area contributed by atoms with E-state index < -0.39 is 75.2 Å². The number of aliphatic hydroxyl groups excluding tert-OH is 7. The lowest BCUT2D eigenvalue weighted by atomic mass is 9.85. The fourth-order valence-corrected chi connectivity index (χ4v) is 5.76. The summed E-state index contributed by atoms with van der Waals surface area (Å²) >= 11 is 0. The third kappa shape index (κ3) is 15.9. The summed E-state index contributed by atoms with van der Waals surface area (Å²) in [6, 6.07) is -1.25. The average molecular weight is 654 g/mol. The number of aliphatic hydroxyl groups is 7. The van der Waals surface area contributed by atoms with Crippen molar-refractivity contribution in [2.75, 3.05) is 6.61 Å². The zero-order valence-electron chi connectivity index (χ0n) is 26.1. The van der Waals surface area contributed by atoms with Gasteiger partial charge in [-0.05, 0) is 25.7 Å². The molecule has 1 saturated carbocycles. The molecule has 8 atom stereocenters. The van der Waals surface area contributed by atoms with E-state index >= 15 is 0 Å². The SMILES string of the molecule is CCC/C=C/CC/C=C/C(O)C(COP(=O)(O)OC1C(O)C(O)C(O)C(O)C1O)NC(=O)CC(O)CCCCCCCCC. The second kappa shape index (κ2) is 22.3. The first-order valence-electron chi connectivity index (χ1n) is 15.9. The van der Waals surface area contributed by atoms with Gasteiger partial charge in [0, 0.05) is 0 Å². The molecule has 0 bridgehead atoms. The number of carbonyl (C=O) groups excluding carboxylic acids is 1. The van der Waals surface area contributed by atoms with E-state index in [0.29, 0.717) is 12.8 Å². The third-order valence-corrected chi connectivity index (χ3v) is 8.51. The molecule has 1 amide bonds. The predicted octanol–water partition coefficient (Wildman–Crippen LogP) is 1.74. The van der Waals surface area contributed by atoms with E-state index in [9.17, 15) is 50.0 Å². The summed E-state index contributed by atoms with van der Waals surface area (Å²) in [5.41, 5.74) is 0. The Labute approximate surface area is 261 Å². The Morgan fingerprint density at radius 1 is 0.795 bits per heavy atom. The minimum absolute atomic E-state index is 0.253. The predicted molar refractivity (Wildman–Crippen MR) is 164 cm³/mol. The summed E-state index contributed by atoms with van der Waals surface area (Å²) in [7, 11) is -5.12. The molecule has 0 aliphatic heterocycles. The minimum Gasteiger partial charge on any atom is -0.393 e. The van der Waals surface area contributed by atoms with E-state index in [-0.39, 0.29) is 6.42 Å². The zero-order valence-corrected chi connectivity index (χ0v) is 27.0. The van der Waals surface area contributed by atoms with Crippen LogP contribution in [0.1, 0.15) is 97.3 Å². The molecule has 0 radical (unpaired) electrons. The Hall–Kier alpha value is -1.22. The molecule has 1 aliphatic carbocycles. The average Bonchev–Trinajstić information content (AvgIpc) is 2.98. The van der Waals surface area contributed by atoms with Gasteiger partial charge in [-0.3, -0.25) is 13.8 Å². The molecule has 8 unspecified atom stereocenters. The number of phosphoric acid groups is 1. The van der Waals surface area contributed by atoms with Gasteiger partial charge in [0.1, 0.15) is 36.6 Å². The van der Waals surface area contributed by atoms with Crippen molar-refractivity contribution < 1.29 is 59.0 Å². The standard InChI is InChI=1S/C30H56NO12P/c1-3-5-7-9-11-13-15-17-21(32)19-24(34)31-22(23(33)18-16-14-12-10-8-6-4-2)20-42-44(40,41)43-30-28(38)26(36)25(35)27(37)29(30)39/h8,10,16,18,21-23,25-30,32-33,35-39H,3-7,9,11-15,17,19-20H2,1-2H3,(H,31,34)(H,40,41)/b10-8+,18-16+. The molecular weight excluding hydrogens is 597 g/mol. The van der Waals surface area contributed by atoms with E-state index in [4.69, 9.17) is 9.05 Å². The van der Waals surface area contributed by atoms with Crippen molar-refractivity contribution in [2.24, 2.45) is 0 Å². The van der Waals surface area contributed by atoms with E-state index in [1.165, 1.54) is 18.9 Å². The Morgan fingerprint density at radius 2 is 1.34 bits per heavy atom. The Bertz CT molecular complexity index is 874. The van der Waals surface area contributed by atoms with Gasteiger partial charge in [0.25, 0.3) is 0 Å². The van der Waals surface area contributed by atoms with E-state index in [1.54, 1.807) is 6.08 Å². The maximum absolute atomic E-state index is 12.7. The molecule has 258 valence electrons. The van der Waals surface area contributed by atoms with Crippen molar-refractivity contribution in [1.82, 2.24) is 5.32 Å². The van der Waals surface area contributed by atoms with Crippen molar-refractivity contribution in [1.29, 1.82) is 0 Å². The van der Waals surface area contributed by atoms with E-state index in [0.717, 1.165) is 51.4 Å². The highest BCUT2D eigenvalue weighted by molar-refractivity contribution is 7.47. The summed E-state index contributed by atoms with van der Waals surface area (Å²) in [5, 5.41) is 73.3. The normalized spacial score (nSPS) is 27.8. The highest BCUT2D eigenvalue weighted by Crippen LogP contribution is 2.47.